The van der Waals surface area contributed by atoms with E-state index >= 15 is 0 Å². The number of carbonyl (C=O) groups is 1. The van der Waals surface area contributed by atoms with Crippen LogP contribution in [-0.2, 0) is 16.0 Å². The summed E-state index contributed by atoms with van der Waals surface area (Å²) in [6.45, 7) is 0.803. The Morgan fingerprint density at radius 3 is 3.06 bits per heavy atom. The topological polar surface area (TPSA) is 35.5 Å². The lowest BCUT2D eigenvalue weighted by Gasteiger charge is -2.21. The van der Waals surface area contributed by atoms with Crippen molar-refractivity contribution in [3.05, 3.63) is 29.8 Å². The molecule has 0 aliphatic carbocycles. The molecule has 1 saturated heterocycles. The third kappa shape index (κ3) is 3.84. The second-order valence-electron chi connectivity index (χ2n) is 4.76. The van der Waals surface area contributed by atoms with E-state index in [0.29, 0.717) is 12.8 Å². The van der Waals surface area contributed by atoms with Crippen molar-refractivity contribution in [1.29, 1.82) is 0 Å². The molecule has 3 nitrogen and oxygen atoms in total. The monoisotopic (exact) mass is 248 g/mol. The summed E-state index contributed by atoms with van der Waals surface area (Å²) in [5.41, 5.74) is 1.01. The van der Waals surface area contributed by atoms with E-state index in [1.165, 1.54) is 6.42 Å². The fourth-order valence-electron chi connectivity index (χ4n) is 2.30. The fraction of sp³-hybridized carbons (Fsp3) is 0.533. The summed E-state index contributed by atoms with van der Waals surface area (Å²) < 4.78 is 10.7. The highest BCUT2D eigenvalue weighted by Crippen LogP contribution is 2.18. The molecule has 0 aromatic heterocycles. The van der Waals surface area contributed by atoms with E-state index in [1.807, 2.05) is 24.3 Å². The van der Waals surface area contributed by atoms with Crippen molar-refractivity contribution in [2.45, 2.75) is 38.2 Å². The third-order valence-electron chi connectivity index (χ3n) is 3.26. The predicted molar refractivity (Wildman–Crippen MR) is 69.9 cm³/mol. The molecule has 1 atom stereocenters. The number of benzene rings is 1. The molecule has 1 heterocycles. The van der Waals surface area contributed by atoms with E-state index in [-0.39, 0.29) is 11.9 Å². The van der Waals surface area contributed by atoms with Gasteiger partial charge in [-0.2, -0.15) is 0 Å². The second-order valence-corrected chi connectivity index (χ2v) is 4.76. The molecule has 1 aliphatic heterocycles. The molecule has 0 spiro atoms. The van der Waals surface area contributed by atoms with Crippen LogP contribution in [0.1, 0.15) is 31.2 Å². The molecule has 0 N–H and O–H groups in total. The number of ether oxygens (including phenoxy) is 2. The Kier molecular flexibility index (Phi) is 4.76. The minimum absolute atomic E-state index is 0.136. The highest BCUT2D eigenvalue weighted by atomic mass is 16.5. The summed E-state index contributed by atoms with van der Waals surface area (Å²) in [5.74, 6) is 1.05. The van der Waals surface area contributed by atoms with Crippen LogP contribution in [0.15, 0.2) is 24.3 Å². The maximum Gasteiger partial charge on any atom is 0.139 e. The molecule has 18 heavy (non-hydrogen) atoms. The summed E-state index contributed by atoms with van der Waals surface area (Å²) in [6, 6.07) is 7.68. The zero-order valence-electron chi connectivity index (χ0n) is 10.9. The van der Waals surface area contributed by atoms with Crippen molar-refractivity contribution >= 4 is 5.78 Å². The number of hydrogen-bond acceptors (Lipinski definition) is 3. The maximum absolute atomic E-state index is 12.0. The van der Waals surface area contributed by atoms with E-state index in [0.717, 1.165) is 30.8 Å². The molecular formula is C15H20O3. The molecule has 1 fully saturated rings. The standard InChI is InChI=1S/C15H20O3/c1-17-14-7-4-5-12(10-14)9-13(16)11-15-6-2-3-8-18-15/h4-5,7,10,15H,2-3,6,8-9,11H2,1H3. The molecule has 0 amide bonds. The second kappa shape index (κ2) is 6.55. The minimum Gasteiger partial charge on any atom is -0.497 e. The average Bonchev–Trinajstić information content (AvgIpc) is 2.40. The van der Waals surface area contributed by atoms with Crippen LogP contribution in [-0.4, -0.2) is 25.6 Å². The van der Waals surface area contributed by atoms with Crippen LogP contribution in [0.3, 0.4) is 0 Å². The van der Waals surface area contributed by atoms with Crippen LogP contribution in [0.5, 0.6) is 5.75 Å². The van der Waals surface area contributed by atoms with E-state index in [9.17, 15) is 4.79 Å². The number of hydrogen-bond donors (Lipinski definition) is 0. The number of methoxy groups -OCH3 is 1. The van der Waals surface area contributed by atoms with E-state index in [4.69, 9.17) is 9.47 Å². The molecule has 0 radical (unpaired) electrons. The van der Waals surface area contributed by atoms with Crippen molar-refractivity contribution in [3.63, 3.8) is 0 Å². The van der Waals surface area contributed by atoms with Gasteiger partial charge in [0.1, 0.15) is 11.5 Å². The van der Waals surface area contributed by atoms with Crippen LogP contribution in [0.2, 0.25) is 0 Å². The Morgan fingerprint density at radius 2 is 2.33 bits per heavy atom. The first-order chi connectivity index (χ1) is 8.78. The first-order valence-corrected chi connectivity index (χ1v) is 6.54. The van der Waals surface area contributed by atoms with Crippen LogP contribution < -0.4 is 4.74 Å². The lowest BCUT2D eigenvalue weighted by Crippen LogP contribution is -2.23. The molecule has 1 aromatic rings. The van der Waals surface area contributed by atoms with Crippen molar-refractivity contribution in [2.24, 2.45) is 0 Å². The van der Waals surface area contributed by atoms with Gasteiger partial charge < -0.3 is 9.47 Å². The molecule has 0 bridgehead atoms. The van der Waals surface area contributed by atoms with Gasteiger partial charge in [0.2, 0.25) is 0 Å². The molecule has 3 heteroatoms. The van der Waals surface area contributed by atoms with E-state index in [2.05, 4.69) is 0 Å². The van der Waals surface area contributed by atoms with Crippen molar-refractivity contribution in [2.75, 3.05) is 13.7 Å². The van der Waals surface area contributed by atoms with Gasteiger partial charge in [-0.25, -0.2) is 0 Å². The van der Waals surface area contributed by atoms with Gasteiger partial charge in [0.25, 0.3) is 0 Å². The number of Topliss-reactive ketones (excluding diaryl/α,β-unsaturated/α-hetero) is 1. The predicted octanol–water partition coefficient (Wildman–Crippen LogP) is 2.77. The average molecular weight is 248 g/mol. The van der Waals surface area contributed by atoms with E-state index in [1.54, 1.807) is 7.11 Å². The molecular weight excluding hydrogens is 228 g/mol. The number of rotatable bonds is 5. The molecule has 1 unspecified atom stereocenters. The summed E-state index contributed by atoms with van der Waals surface area (Å²) in [7, 11) is 1.64. The van der Waals surface area contributed by atoms with Crippen LogP contribution in [0.4, 0.5) is 0 Å². The molecule has 1 aromatic carbocycles. The van der Waals surface area contributed by atoms with Crippen molar-refractivity contribution in [3.8, 4) is 5.75 Å². The molecule has 2 rings (SSSR count). The van der Waals surface area contributed by atoms with Gasteiger partial charge in [0.05, 0.1) is 13.2 Å². The lowest BCUT2D eigenvalue weighted by molar-refractivity contribution is -0.122. The highest BCUT2D eigenvalue weighted by molar-refractivity contribution is 5.81. The van der Waals surface area contributed by atoms with Crippen LogP contribution in [0.25, 0.3) is 0 Å². The van der Waals surface area contributed by atoms with Crippen LogP contribution in [0, 0.1) is 0 Å². The Balaban J connectivity index is 1.85. The minimum atomic E-state index is 0.136. The van der Waals surface area contributed by atoms with Gasteiger partial charge >= 0.3 is 0 Å². The lowest BCUT2D eigenvalue weighted by atomic mass is 10.00. The van der Waals surface area contributed by atoms with Crippen molar-refractivity contribution < 1.29 is 14.3 Å². The highest BCUT2D eigenvalue weighted by Gasteiger charge is 2.17. The SMILES string of the molecule is COc1cccc(CC(=O)CC2CCCCO2)c1. The molecule has 1 aliphatic rings. The number of ketones is 1. The van der Waals surface area contributed by atoms with Gasteiger partial charge in [0.15, 0.2) is 0 Å². The Morgan fingerprint density at radius 1 is 1.44 bits per heavy atom. The smallest absolute Gasteiger partial charge is 0.139 e. The molecule has 98 valence electrons. The Hall–Kier alpha value is -1.35. The van der Waals surface area contributed by atoms with Gasteiger partial charge in [-0.15, -0.1) is 0 Å². The summed E-state index contributed by atoms with van der Waals surface area (Å²) in [6.07, 6.45) is 4.47. The Bertz CT molecular complexity index is 394. The van der Waals surface area contributed by atoms with Crippen LogP contribution >= 0.6 is 0 Å². The quantitative estimate of drug-likeness (QED) is 0.803. The summed E-state index contributed by atoms with van der Waals surface area (Å²) >= 11 is 0. The van der Waals surface area contributed by atoms with Gasteiger partial charge in [-0.1, -0.05) is 12.1 Å². The third-order valence-corrected chi connectivity index (χ3v) is 3.26. The maximum atomic E-state index is 12.0. The van der Waals surface area contributed by atoms with Gasteiger partial charge in [-0.05, 0) is 37.0 Å². The summed E-state index contributed by atoms with van der Waals surface area (Å²) in [4.78, 5) is 12.0. The largest absolute Gasteiger partial charge is 0.497 e. The summed E-state index contributed by atoms with van der Waals surface area (Å²) in [5, 5.41) is 0. The Labute approximate surface area is 108 Å². The van der Waals surface area contributed by atoms with Crippen molar-refractivity contribution in [1.82, 2.24) is 0 Å². The zero-order valence-corrected chi connectivity index (χ0v) is 10.9. The van der Waals surface area contributed by atoms with Gasteiger partial charge in [0, 0.05) is 19.4 Å². The zero-order chi connectivity index (χ0) is 12.8. The van der Waals surface area contributed by atoms with E-state index < -0.39 is 0 Å². The first kappa shape index (κ1) is 13.1. The normalized spacial score (nSPS) is 19.5. The molecule has 0 saturated carbocycles. The van der Waals surface area contributed by atoms with Gasteiger partial charge in [-0.3, -0.25) is 4.79 Å². The number of carbonyl (C=O) groups excluding carboxylic acids is 1. The fourth-order valence-corrected chi connectivity index (χ4v) is 2.30. The first-order valence-electron chi connectivity index (χ1n) is 6.54.